The Labute approximate surface area is 338 Å². The molecule has 12 rings (SSSR count). The maximum Gasteiger partial charge on any atom is 0.227 e. The van der Waals surface area contributed by atoms with Crippen LogP contribution in [0.5, 0.6) is 0 Å². The van der Waals surface area contributed by atoms with Crippen molar-refractivity contribution >= 4 is 92.2 Å². The van der Waals surface area contributed by atoms with Gasteiger partial charge >= 0.3 is 0 Å². The number of para-hydroxylation sites is 3. The van der Waals surface area contributed by atoms with Crippen LogP contribution in [-0.2, 0) is 0 Å². The van der Waals surface area contributed by atoms with E-state index in [0.29, 0.717) is 5.89 Å². The van der Waals surface area contributed by atoms with E-state index in [-0.39, 0.29) is 0 Å². The number of rotatable bonds is 6. The monoisotopic (exact) mass is 759 g/mol. The van der Waals surface area contributed by atoms with Gasteiger partial charge in [-0.2, -0.15) is 0 Å². The van der Waals surface area contributed by atoms with Crippen LogP contribution in [0.15, 0.2) is 205 Å². The van der Waals surface area contributed by atoms with Crippen molar-refractivity contribution in [3.8, 4) is 28.3 Å². The van der Waals surface area contributed by atoms with E-state index >= 15 is 0 Å². The van der Waals surface area contributed by atoms with Crippen molar-refractivity contribution in [2.24, 2.45) is 0 Å². The lowest BCUT2D eigenvalue weighted by Crippen LogP contribution is -2.10. The lowest BCUT2D eigenvalue weighted by molar-refractivity contribution is 0.620. The van der Waals surface area contributed by atoms with Gasteiger partial charge in [-0.15, -0.1) is 11.3 Å². The molecule has 9 aromatic carbocycles. The van der Waals surface area contributed by atoms with Crippen molar-refractivity contribution in [1.29, 1.82) is 0 Å². The summed E-state index contributed by atoms with van der Waals surface area (Å²) in [6.07, 6.45) is 0. The van der Waals surface area contributed by atoms with E-state index in [9.17, 15) is 0 Å². The van der Waals surface area contributed by atoms with Gasteiger partial charge in [0.2, 0.25) is 5.89 Å². The second-order valence-corrected chi connectivity index (χ2v) is 15.8. The normalized spacial score (nSPS) is 11.8. The summed E-state index contributed by atoms with van der Waals surface area (Å²) in [7, 11) is 0. The third-order valence-electron chi connectivity index (χ3n) is 11.4. The molecule has 0 unspecified atom stereocenters. The van der Waals surface area contributed by atoms with Gasteiger partial charge in [0.15, 0.2) is 5.58 Å². The number of fused-ring (bicyclic) bond motifs is 9. The molecule has 0 atom stereocenters. The van der Waals surface area contributed by atoms with Crippen LogP contribution in [0.1, 0.15) is 0 Å². The Balaban J connectivity index is 1.15. The fourth-order valence-electron chi connectivity index (χ4n) is 8.88. The summed E-state index contributed by atoms with van der Waals surface area (Å²) in [6.45, 7) is 0. The Morgan fingerprint density at radius 1 is 0.500 bits per heavy atom. The number of nitrogens with zero attached hydrogens (tertiary/aromatic N) is 3. The van der Waals surface area contributed by atoms with E-state index in [0.717, 1.165) is 45.0 Å². The molecule has 0 radical (unpaired) electrons. The lowest BCUT2D eigenvalue weighted by atomic mass is 9.94. The van der Waals surface area contributed by atoms with Gasteiger partial charge in [-0.25, -0.2) is 4.98 Å². The van der Waals surface area contributed by atoms with Crippen molar-refractivity contribution in [3.05, 3.63) is 200 Å². The second kappa shape index (κ2) is 13.1. The molecule has 0 spiro atoms. The van der Waals surface area contributed by atoms with Crippen LogP contribution in [0.3, 0.4) is 0 Å². The van der Waals surface area contributed by atoms with E-state index in [1.807, 2.05) is 47.7 Å². The average molecular weight is 760 g/mol. The molecule has 12 aromatic rings. The van der Waals surface area contributed by atoms with Gasteiger partial charge in [0.25, 0.3) is 0 Å². The smallest absolute Gasteiger partial charge is 0.227 e. The molecule has 3 aromatic heterocycles. The molecule has 5 heteroatoms. The molecule has 0 fully saturated rings. The second-order valence-electron chi connectivity index (χ2n) is 14.7. The minimum absolute atomic E-state index is 0.601. The molecule has 58 heavy (non-hydrogen) atoms. The van der Waals surface area contributed by atoms with Crippen LogP contribution in [0.2, 0.25) is 0 Å². The minimum Gasteiger partial charge on any atom is -0.434 e. The van der Waals surface area contributed by atoms with E-state index in [2.05, 4.69) is 173 Å². The van der Waals surface area contributed by atoms with E-state index in [4.69, 9.17) is 9.40 Å². The highest BCUT2D eigenvalue weighted by atomic mass is 32.1. The largest absolute Gasteiger partial charge is 0.434 e. The molecule has 0 saturated carbocycles. The number of thiophene rings is 1. The first-order chi connectivity index (χ1) is 28.8. The summed E-state index contributed by atoms with van der Waals surface area (Å²) in [6, 6.07) is 71.5. The molecule has 0 aliphatic rings. The third kappa shape index (κ3) is 5.04. The molecule has 0 aliphatic heterocycles. The highest BCUT2D eigenvalue weighted by Gasteiger charge is 2.24. The molecule has 0 saturated heterocycles. The van der Waals surface area contributed by atoms with Gasteiger partial charge < -0.3 is 13.9 Å². The summed E-state index contributed by atoms with van der Waals surface area (Å²) in [4.78, 5) is 7.38. The first kappa shape index (κ1) is 32.7. The highest BCUT2D eigenvalue weighted by Crippen LogP contribution is 2.49. The zero-order valence-corrected chi connectivity index (χ0v) is 32.0. The number of benzene rings is 9. The Morgan fingerprint density at radius 3 is 2.05 bits per heavy atom. The van der Waals surface area contributed by atoms with Crippen LogP contribution in [0.4, 0.5) is 17.1 Å². The molecule has 272 valence electrons. The fraction of sp³-hybridized carbons (Fsp3) is 0. The summed E-state index contributed by atoms with van der Waals surface area (Å²) < 4.78 is 11.7. The molecule has 0 N–H and O–H groups in total. The molecule has 3 heterocycles. The van der Waals surface area contributed by atoms with Gasteiger partial charge in [-0.05, 0) is 95.4 Å². The maximum absolute atomic E-state index is 6.75. The van der Waals surface area contributed by atoms with E-state index < -0.39 is 0 Å². The quantitative estimate of drug-likeness (QED) is 0.169. The molecular weight excluding hydrogens is 727 g/mol. The van der Waals surface area contributed by atoms with Crippen molar-refractivity contribution in [3.63, 3.8) is 0 Å². The van der Waals surface area contributed by atoms with Gasteiger partial charge in [0.05, 0.1) is 22.4 Å². The van der Waals surface area contributed by atoms with Crippen molar-refractivity contribution < 1.29 is 4.42 Å². The van der Waals surface area contributed by atoms with Crippen LogP contribution in [0, 0.1) is 0 Å². The molecule has 0 amide bonds. The van der Waals surface area contributed by atoms with E-state index in [1.165, 1.54) is 58.3 Å². The minimum atomic E-state index is 0.601. The van der Waals surface area contributed by atoms with Crippen molar-refractivity contribution in [2.75, 3.05) is 4.90 Å². The summed E-state index contributed by atoms with van der Waals surface area (Å²) in [5.41, 5.74) is 11.4. The molecule has 0 bridgehead atoms. The fourth-order valence-corrected chi connectivity index (χ4v) is 10.0. The number of oxazole rings is 1. The van der Waals surface area contributed by atoms with Crippen LogP contribution in [-0.4, -0.2) is 9.55 Å². The predicted molar refractivity (Wildman–Crippen MR) is 244 cm³/mol. The van der Waals surface area contributed by atoms with Crippen molar-refractivity contribution in [2.45, 2.75) is 0 Å². The Bertz CT molecular complexity index is 3530. The highest BCUT2D eigenvalue weighted by molar-refractivity contribution is 7.26. The van der Waals surface area contributed by atoms with Gasteiger partial charge in [0, 0.05) is 53.3 Å². The molecule has 0 aliphatic carbocycles. The average Bonchev–Trinajstić information content (AvgIpc) is 4.00. The topological polar surface area (TPSA) is 34.2 Å². The summed E-state index contributed by atoms with van der Waals surface area (Å²) in [5.74, 6) is 0.601. The third-order valence-corrected chi connectivity index (χ3v) is 12.5. The lowest BCUT2D eigenvalue weighted by Gasteiger charge is -2.27. The van der Waals surface area contributed by atoms with Crippen LogP contribution < -0.4 is 4.90 Å². The first-order valence-electron chi connectivity index (χ1n) is 19.5. The van der Waals surface area contributed by atoms with Crippen LogP contribution in [0.25, 0.3) is 92.1 Å². The Kier molecular flexibility index (Phi) is 7.37. The first-order valence-corrected chi connectivity index (χ1v) is 20.4. The van der Waals surface area contributed by atoms with Gasteiger partial charge in [-0.3, -0.25) is 0 Å². The van der Waals surface area contributed by atoms with Gasteiger partial charge in [-0.1, -0.05) is 121 Å². The zero-order valence-electron chi connectivity index (χ0n) is 31.2. The molecule has 4 nitrogen and oxygen atoms in total. The number of hydrogen-bond donors (Lipinski definition) is 0. The van der Waals surface area contributed by atoms with Gasteiger partial charge in [0.1, 0.15) is 5.52 Å². The maximum atomic E-state index is 6.75. The number of hydrogen-bond acceptors (Lipinski definition) is 4. The van der Waals surface area contributed by atoms with Crippen LogP contribution >= 0.6 is 11.3 Å². The Hall–Kier alpha value is -7.47. The zero-order chi connectivity index (χ0) is 38.2. The van der Waals surface area contributed by atoms with Crippen molar-refractivity contribution in [1.82, 2.24) is 9.55 Å². The molecular formula is C53H33N3OS. The number of aromatic nitrogens is 2. The summed E-state index contributed by atoms with van der Waals surface area (Å²) >= 11 is 1.83. The SMILES string of the molecule is c1ccc(-c2nc3cccc(N(c4cccc(-c5cc6ccccc6c6c5c5ccccc5n6-c5ccccc5)c4)c4cccc5sc6ccccc6c45)c3o2)cc1. The van der Waals surface area contributed by atoms with E-state index in [1.54, 1.807) is 0 Å². The standard InChI is InChI=1S/C53H33N3OS/c1-3-16-34(17-4-1)53-54-43-26-14-29-46(52(43)57-53)55(45-28-15-31-48-50(45)41-25-10-12-30-47(41)58-48)38-22-13-19-35(32-38)42-33-36-18-7-8-23-39(36)51-49(42)40-24-9-11-27-44(40)56(51)37-20-5-2-6-21-37/h1-33H. The Morgan fingerprint density at radius 2 is 1.17 bits per heavy atom. The number of anilines is 3. The summed E-state index contributed by atoms with van der Waals surface area (Å²) in [5, 5.41) is 7.32. The predicted octanol–water partition coefficient (Wildman–Crippen LogP) is 15.2.